The molecule has 4 rings (SSSR count). The fourth-order valence-corrected chi connectivity index (χ4v) is 3.43. The third-order valence-corrected chi connectivity index (χ3v) is 4.94. The molecule has 2 aromatic carbocycles. The Hall–Kier alpha value is -3.39. The van der Waals surface area contributed by atoms with Gasteiger partial charge >= 0.3 is 0 Å². The van der Waals surface area contributed by atoms with Gasteiger partial charge in [0.1, 0.15) is 5.01 Å². The van der Waals surface area contributed by atoms with Gasteiger partial charge in [-0.15, -0.1) is 10.2 Å². The molecule has 0 aliphatic carbocycles. The standard InChI is InChI=1S/C19H14N4O3S/c1-11-21-22-19(27-11)20-16(24)13-8-6-12(7-9-13)10-23-17(25)14-4-2-3-5-15(14)18(23)26/h2-9H,10H2,1H3,(H,20,22,24). The normalized spacial score (nSPS) is 13.0. The van der Waals surface area contributed by atoms with E-state index in [-0.39, 0.29) is 24.3 Å². The summed E-state index contributed by atoms with van der Waals surface area (Å²) in [5.41, 5.74) is 2.05. The van der Waals surface area contributed by atoms with Crippen molar-refractivity contribution in [1.82, 2.24) is 15.1 Å². The number of aryl methyl sites for hydroxylation is 1. The predicted octanol–water partition coefficient (Wildman–Crippen LogP) is 2.90. The van der Waals surface area contributed by atoms with Crippen molar-refractivity contribution in [3.05, 3.63) is 75.8 Å². The van der Waals surface area contributed by atoms with E-state index in [0.29, 0.717) is 21.8 Å². The molecule has 0 radical (unpaired) electrons. The molecule has 0 unspecified atom stereocenters. The second kappa shape index (κ2) is 6.73. The van der Waals surface area contributed by atoms with Gasteiger partial charge in [-0.1, -0.05) is 35.6 Å². The molecule has 0 atom stereocenters. The maximum atomic E-state index is 12.4. The summed E-state index contributed by atoms with van der Waals surface area (Å²) in [5.74, 6) is -0.897. The van der Waals surface area contributed by atoms with E-state index in [4.69, 9.17) is 0 Å². The summed E-state index contributed by atoms with van der Waals surface area (Å²) in [6.07, 6.45) is 0. The minimum absolute atomic E-state index is 0.157. The van der Waals surface area contributed by atoms with Crippen molar-refractivity contribution >= 4 is 34.2 Å². The number of benzene rings is 2. The molecule has 1 aliphatic heterocycles. The van der Waals surface area contributed by atoms with Crippen molar-refractivity contribution in [2.75, 3.05) is 5.32 Å². The van der Waals surface area contributed by atoms with Crippen LogP contribution in [0.25, 0.3) is 0 Å². The first-order valence-corrected chi connectivity index (χ1v) is 9.00. The molecule has 27 heavy (non-hydrogen) atoms. The number of hydrogen-bond donors (Lipinski definition) is 1. The van der Waals surface area contributed by atoms with Gasteiger partial charge in [0.2, 0.25) is 5.13 Å². The summed E-state index contributed by atoms with van der Waals surface area (Å²) in [6, 6.07) is 13.5. The molecule has 3 aromatic rings. The first-order valence-electron chi connectivity index (χ1n) is 8.18. The maximum absolute atomic E-state index is 12.4. The first kappa shape index (κ1) is 17.0. The Morgan fingerprint density at radius 3 is 2.19 bits per heavy atom. The molecule has 0 spiro atoms. The molecule has 0 bridgehead atoms. The molecule has 8 heteroatoms. The lowest BCUT2D eigenvalue weighted by Crippen LogP contribution is -2.29. The van der Waals surface area contributed by atoms with E-state index in [0.717, 1.165) is 10.6 Å². The second-order valence-electron chi connectivity index (χ2n) is 6.02. The number of fused-ring (bicyclic) bond motifs is 1. The quantitative estimate of drug-likeness (QED) is 0.705. The number of aromatic nitrogens is 2. The van der Waals surface area contributed by atoms with E-state index in [1.807, 2.05) is 0 Å². The number of hydrogen-bond acceptors (Lipinski definition) is 6. The zero-order valence-electron chi connectivity index (χ0n) is 14.3. The molecule has 1 aliphatic rings. The summed E-state index contributed by atoms with van der Waals surface area (Å²) in [4.78, 5) is 38.3. The van der Waals surface area contributed by atoms with Crippen LogP contribution in [0, 0.1) is 6.92 Å². The van der Waals surface area contributed by atoms with Crippen molar-refractivity contribution in [3.63, 3.8) is 0 Å². The minimum Gasteiger partial charge on any atom is -0.296 e. The first-order chi connectivity index (χ1) is 13.0. The second-order valence-corrected chi connectivity index (χ2v) is 7.20. The van der Waals surface area contributed by atoms with Crippen LogP contribution in [0.5, 0.6) is 0 Å². The van der Waals surface area contributed by atoms with Gasteiger partial charge in [0.25, 0.3) is 17.7 Å². The van der Waals surface area contributed by atoms with Crippen LogP contribution in [0.4, 0.5) is 5.13 Å². The SMILES string of the molecule is Cc1nnc(NC(=O)c2ccc(CN3C(=O)c4ccccc4C3=O)cc2)s1. The fourth-order valence-electron chi connectivity index (χ4n) is 2.84. The van der Waals surface area contributed by atoms with Gasteiger partial charge in [-0.3, -0.25) is 24.6 Å². The zero-order chi connectivity index (χ0) is 19.0. The molecule has 3 amide bonds. The lowest BCUT2D eigenvalue weighted by molar-refractivity contribution is 0.0642. The van der Waals surface area contributed by atoms with Gasteiger partial charge in [0, 0.05) is 5.56 Å². The maximum Gasteiger partial charge on any atom is 0.261 e. The Bertz CT molecular complexity index is 1020. The van der Waals surface area contributed by atoms with Gasteiger partial charge in [-0.2, -0.15) is 0 Å². The number of nitrogens with zero attached hydrogens (tertiary/aromatic N) is 3. The summed E-state index contributed by atoms with van der Waals surface area (Å²) in [5, 5.41) is 11.6. The Morgan fingerprint density at radius 1 is 1.00 bits per heavy atom. The molecule has 0 saturated carbocycles. The van der Waals surface area contributed by atoms with Crippen LogP contribution in [0.3, 0.4) is 0 Å². The van der Waals surface area contributed by atoms with Crippen molar-refractivity contribution in [2.24, 2.45) is 0 Å². The molecule has 1 N–H and O–H groups in total. The van der Waals surface area contributed by atoms with Crippen molar-refractivity contribution in [1.29, 1.82) is 0 Å². The van der Waals surface area contributed by atoms with Crippen molar-refractivity contribution in [2.45, 2.75) is 13.5 Å². The third-order valence-electron chi connectivity index (χ3n) is 4.18. The number of amides is 3. The molecule has 7 nitrogen and oxygen atoms in total. The van der Waals surface area contributed by atoms with Crippen molar-refractivity contribution in [3.8, 4) is 0 Å². The van der Waals surface area contributed by atoms with Crippen LogP contribution >= 0.6 is 11.3 Å². The van der Waals surface area contributed by atoms with Crippen LogP contribution < -0.4 is 5.32 Å². The Balaban J connectivity index is 1.46. The summed E-state index contributed by atoms with van der Waals surface area (Å²) >= 11 is 1.29. The van der Waals surface area contributed by atoms with E-state index in [1.165, 1.54) is 16.2 Å². The zero-order valence-corrected chi connectivity index (χ0v) is 15.1. The number of carbonyl (C=O) groups excluding carboxylic acids is 3. The monoisotopic (exact) mass is 378 g/mol. The fraction of sp³-hybridized carbons (Fsp3) is 0.105. The summed E-state index contributed by atoms with van der Waals surface area (Å²) < 4.78 is 0. The highest BCUT2D eigenvalue weighted by Gasteiger charge is 2.34. The Kier molecular flexibility index (Phi) is 4.25. The van der Waals surface area contributed by atoms with Crippen LogP contribution in [0.1, 0.15) is 41.6 Å². The minimum atomic E-state index is -0.302. The van der Waals surface area contributed by atoms with Gasteiger partial charge < -0.3 is 0 Å². The highest BCUT2D eigenvalue weighted by Crippen LogP contribution is 2.24. The van der Waals surface area contributed by atoms with E-state index < -0.39 is 0 Å². The average Bonchev–Trinajstić information content (AvgIpc) is 3.19. The lowest BCUT2D eigenvalue weighted by Gasteiger charge is -2.14. The van der Waals surface area contributed by atoms with Crippen LogP contribution in [0.2, 0.25) is 0 Å². The van der Waals surface area contributed by atoms with E-state index in [1.54, 1.807) is 55.5 Å². The van der Waals surface area contributed by atoms with E-state index in [9.17, 15) is 14.4 Å². The third kappa shape index (κ3) is 3.22. The van der Waals surface area contributed by atoms with Crippen LogP contribution in [-0.4, -0.2) is 32.8 Å². The molecule has 0 saturated heterocycles. The van der Waals surface area contributed by atoms with Crippen molar-refractivity contribution < 1.29 is 14.4 Å². The molecular weight excluding hydrogens is 364 g/mol. The predicted molar refractivity (Wildman–Crippen MR) is 99.7 cm³/mol. The number of nitrogens with one attached hydrogen (secondary N) is 1. The van der Waals surface area contributed by atoms with E-state index in [2.05, 4.69) is 15.5 Å². The summed E-state index contributed by atoms with van der Waals surface area (Å²) in [7, 11) is 0. The van der Waals surface area contributed by atoms with Gasteiger partial charge in [-0.25, -0.2) is 0 Å². The number of carbonyl (C=O) groups is 3. The summed E-state index contributed by atoms with van der Waals surface area (Å²) in [6.45, 7) is 1.96. The Labute approximate surface area is 158 Å². The largest absolute Gasteiger partial charge is 0.296 e. The van der Waals surface area contributed by atoms with Crippen LogP contribution in [-0.2, 0) is 6.54 Å². The topological polar surface area (TPSA) is 92.3 Å². The molecule has 2 heterocycles. The Morgan fingerprint density at radius 2 is 1.63 bits per heavy atom. The number of anilines is 1. The van der Waals surface area contributed by atoms with Gasteiger partial charge in [-0.05, 0) is 36.8 Å². The molecular formula is C19H14N4O3S. The smallest absolute Gasteiger partial charge is 0.261 e. The van der Waals surface area contributed by atoms with Crippen LogP contribution in [0.15, 0.2) is 48.5 Å². The van der Waals surface area contributed by atoms with Gasteiger partial charge in [0.05, 0.1) is 17.7 Å². The molecule has 134 valence electrons. The lowest BCUT2D eigenvalue weighted by atomic mass is 10.1. The number of rotatable bonds is 4. The molecule has 0 fully saturated rings. The van der Waals surface area contributed by atoms with E-state index >= 15 is 0 Å². The highest BCUT2D eigenvalue weighted by molar-refractivity contribution is 7.15. The van der Waals surface area contributed by atoms with Gasteiger partial charge in [0.15, 0.2) is 0 Å². The average molecular weight is 378 g/mol. The highest BCUT2D eigenvalue weighted by atomic mass is 32.1. The molecule has 1 aromatic heterocycles. The number of imide groups is 1.